The van der Waals surface area contributed by atoms with E-state index in [2.05, 4.69) is 28.9 Å². The molecule has 0 aliphatic carbocycles. The van der Waals surface area contributed by atoms with Crippen LogP contribution in [0.5, 0.6) is 0 Å². The molecule has 0 bridgehead atoms. The molecule has 14 heavy (non-hydrogen) atoms. The van der Waals surface area contributed by atoms with Crippen molar-refractivity contribution in [2.24, 2.45) is 0 Å². The monoisotopic (exact) mass is 255 g/mol. The molecule has 0 aromatic heterocycles. The number of amides is 1. The number of rotatable bonds is 2. The van der Waals surface area contributed by atoms with Crippen LogP contribution in [0.4, 0.5) is 0 Å². The molecule has 0 unspecified atom stereocenters. The summed E-state index contributed by atoms with van der Waals surface area (Å²) in [5.74, 6) is 0.0874. The molecule has 2 nitrogen and oxygen atoms in total. The minimum absolute atomic E-state index is 0.0874. The van der Waals surface area contributed by atoms with Crippen LogP contribution in [0.2, 0.25) is 0 Å². The van der Waals surface area contributed by atoms with Gasteiger partial charge >= 0.3 is 0 Å². The number of halogens is 1. The Hall–Kier alpha value is -0.830. The molecule has 0 fully saturated rings. The van der Waals surface area contributed by atoms with Gasteiger partial charge in [-0.3, -0.25) is 4.79 Å². The molecule has 0 N–H and O–H groups in total. The molecule has 1 aromatic carbocycles. The molecule has 1 rings (SSSR count). The van der Waals surface area contributed by atoms with Crippen LogP contribution in [-0.4, -0.2) is 17.9 Å². The quantitative estimate of drug-likeness (QED) is 0.796. The summed E-state index contributed by atoms with van der Waals surface area (Å²) < 4.78 is 1.05. The number of carbonyl (C=O) groups excluding carboxylic acids is 1. The van der Waals surface area contributed by atoms with Gasteiger partial charge in [0.05, 0.1) is 0 Å². The van der Waals surface area contributed by atoms with Gasteiger partial charge in [0.1, 0.15) is 0 Å². The van der Waals surface area contributed by atoms with E-state index >= 15 is 0 Å². The smallest absolute Gasteiger partial charge is 0.219 e. The first-order valence-electron chi connectivity index (χ1n) is 4.47. The van der Waals surface area contributed by atoms with Crippen LogP contribution >= 0.6 is 15.9 Å². The lowest BCUT2D eigenvalue weighted by Crippen LogP contribution is -2.23. The fourth-order valence-electron chi connectivity index (χ4n) is 1.18. The SMILES string of the molecule is CC(=O)N(C)Cc1cc(Br)ccc1C. The second-order valence-corrected chi connectivity index (χ2v) is 4.36. The van der Waals surface area contributed by atoms with Gasteiger partial charge in [-0.15, -0.1) is 0 Å². The van der Waals surface area contributed by atoms with Crippen molar-refractivity contribution in [1.82, 2.24) is 4.90 Å². The van der Waals surface area contributed by atoms with Gasteiger partial charge in [0.2, 0.25) is 5.91 Å². The average Bonchev–Trinajstić information content (AvgIpc) is 2.11. The van der Waals surface area contributed by atoms with Crippen molar-refractivity contribution in [2.45, 2.75) is 20.4 Å². The summed E-state index contributed by atoms with van der Waals surface area (Å²) in [5, 5.41) is 0. The summed E-state index contributed by atoms with van der Waals surface area (Å²) in [7, 11) is 1.81. The maximum Gasteiger partial charge on any atom is 0.219 e. The van der Waals surface area contributed by atoms with Gasteiger partial charge in [-0.05, 0) is 30.2 Å². The zero-order chi connectivity index (χ0) is 10.7. The third-order valence-electron chi connectivity index (χ3n) is 2.26. The molecule has 76 valence electrons. The van der Waals surface area contributed by atoms with Gasteiger partial charge in [-0.25, -0.2) is 0 Å². The number of nitrogens with zero attached hydrogens (tertiary/aromatic N) is 1. The Kier molecular flexibility index (Phi) is 3.69. The first kappa shape index (κ1) is 11.2. The molecule has 0 saturated carbocycles. The van der Waals surface area contributed by atoms with Crippen molar-refractivity contribution in [3.8, 4) is 0 Å². The van der Waals surface area contributed by atoms with Crippen LogP contribution in [0.3, 0.4) is 0 Å². The lowest BCUT2D eigenvalue weighted by Gasteiger charge is -2.16. The van der Waals surface area contributed by atoms with E-state index in [9.17, 15) is 4.79 Å². The zero-order valence-corrected chi connectivity index (χ0v) is 10.3. The molecule has 0 heterocycles. The maximum absolute atomic E-state index is 11.1. The van der Waals surface area contributed by atoms with Crippen LogP contribution in [0, 0.1) is 6.92 Å². The standard InChI is InChI=1S/C11H14BrNO/c1-8-4-5-11(12)6-10(8)7-13(3)9(2)14/h4-6H,7H2,1-3H3. The predicted molar refractivity (Wildman–Crippen MR) is 61.0 cm³/mol. The van der Waals surface area contributed by atoms with Gasteiger partial charge in [-0.2, -0.15) is 0 Å². The highest BCUT2D eigenvalue weighted by atomic mass is 79.9. The van der Waals surface area contributed by atoms with E-state index in [4.69, 9.17) is 0 Å². The third kappa shape index (κ3) is 2.84. The normalized spacial score (nSPS) is 10.0. The molecule has 1 amide bonds. The summed E-state index contributed by atoms with van der Waals surface area (Å²) in [6.07, 6.45) is 0. The van der Waals surface area contributed by atoms with Crippen LogP contribution in [-0.2, 0) is 11.3 Å². The summed E-state index contributed by atoms with van der Waals surface area (Å²) in [6, 6.07) is 6.11. The van der Waals surface area contributed by atoms with E-state index in [0.29, 0.717) is 6.54 Å². The Balaban J connectivity index is 2.85. The van der Waals surface area contributed by atoms with Gasteiger partial charge < -0.3 is 4.90 Å². The number of hydrogen-bond acceptors (Lipinski definition) is 1. The van der Waals surface area contributed by atoms with Crippen molar-refractivity contribution >= 4 is 21.8 Å². The maximum atomic E-state index is 11.1. The molecule has 0 spiro atoms. The molecule has 0 atom stereocenters. The Bertz CT molecular complexity index is 349. The topological polar surface area (TPSA) is 20.3 Å². The molecule has 0 saturated heterocycles. The number of benzene rings is 1. The highest BCUT2D eigenvalue weighted by Gasteiger charge is 2.05. The largest absolute Gasteiger partial charge is 0.342 e. The fraction of sp³-hybridized carbons (Fsp3) is 0.364. The minimum atomic E-state index is 0.0874. The van der Waals surface area contributed by atoms with Gasteiger partial charge in [-0.1, -0.05) is 22.0 Å². The van der Waals surface area contributed by atoms with Crippen molar-refractivity contribution in [3.63, 3.8) is 0 Å². The lowest BCUT2D eigenvalue weighted by molar-refractivity contribution is -0.128. The summed E-state index contributed by atoms with van der Waals surface area (Å²) >= 11 is 3.42. The van der Waals surface area contributed by atoms with E-state index in [1.54, 1.807) is 11.8 Å². The molecule has 0 aliphatic heterocycles. The molecular weight excluding hydrogens is 242 g/mol. The number of carbonyl (C=O) groups is 1. The summed E-state index contributed by atoms with van der Waals surface area (Å²) in [4.78, 5) is 12.8. The van der Waals surface area contributed by atoms with Crippen LogP contribution in [0.15, 0.2) is 22.7 Å². The van der Waals surface area contributed by atoms with Crippen LogP contribution in [0.25, 0.3) is 0 Å². The van der Waals surface area contributed by atoms with E-state index in [0.717, 1.165) is 4.47 Å². The van der Waals surface area contributed by atoms with E-state index in [-0.39, 0.29) is 5.91 Å². The Morgan fingerprint density at radius 1 is 1.50 bits per heavy atom. The molecule has 3 heteroatoms. The average molecular weight is 256 g/mol. The third-order valence-corrected chi connectivity index (χ3v) is 2.75. The molecular formula is C11H14BrNO. The highest BCUT2D eigenvalue weighted by molar-refractivity contribution is 9.10. The Morgan fingerprint density at radius 2 is 2.14 bits per heavy atom. The first-order chi connectivity index (χ1) is 6.50. The Morgan fingerprint density at radius 3 is 2.71 bits per heavy atom. The molecule has 1 aromatic rings. The molecule has 0 radical (unpaired) electrons. The summed E-state index contributed by atoms with van der Waals surface area (Å²) in [5.41, 5.74) is 2.39. The minimum Gasteiger partial charge on any atom is -0.342 e. The molecule has 0 aliphatic rings. The summed E-state index contributed by atoms with van der Waals surface area (Å²) in [6.45, 7) is 4.30. The zero-order valence-electron chi connectivity index (χ0n) is 8.67. The highest BCUT2D eigenvalue weighted by Crippen LogP contribution is 2.17. The Labute approximate surface area is 93.0 Å². The van der Waals surface area contributed by atoms with Crippen molar-refractivity contribution in [2.75, 3.05) is 7.05 Å². The van der Waals surface area contributed by atoms with Gasteiger partial charge in [0.15, 0.2) is 0 Å². The second kappa shape index (κ2) is 4.60. The van der Waals surface area contributed by atoms with Gasteiger partial charge in [0, 0.05) is 25.0 Å². The van der Waals surface area contributed by atoms with Gasteiger partial charge in [0.25, 0.3) is 0 Å². The predicted octanol–water partition coefficient (Wildman–Crippen LogP) is 2.74. The van der Waals surface area contributed by atoms with E-state index in [1.807, 2.05) is 19.2 Å². The number of hydrogen-bond donors (Lipinski definition) is 0. The van der Waals surface area contributed by atoms with E-state index in [1.165, 1.54) is 11.1 Å². The van der Waals surface area contributed by atoms with E-state index < -0.39 is 0 Å². The number of aryl methyl sites for hydroxylation is 1. The van der Waals surface area contributed by atoms with Crippen molar-refractivity contribution in [3.05, 3.63) is 33.8 Å². The van der Waals surface area contributed by atoms with Crippen LogP contribution in [0.1, 0.15) is 18.1 Å². The fourth-order valence-corrected chi connectivity index (χ4v) is 1.59. The first-order valence-corrected chi connectivity index (χ1v) is 5.26. The van der Waals surface area contributed by atoms with Crippen molar-refractivity contribution < 1.29 is 4.79 Å². The van der Waals surface area contributed by atoms with Crippen molar-refractivity contribution in [1.29, 1.82) is 0 Å². The van der Waals surface area contributed by atoms with Crippen LogP contribution < -0.4 is 0 Å². The second-order valence-electron chi connectivity index (χ2n) is 3.45. The lowest BCUT2D eigenvalue weighted by atomic mass is 10.1.